The van der Waals surface area contributed by atoms with Crippen LogP contribution in [0.1, 0.15) is 39.0 Å². The Morgan fingerprint density at radius 1 is 1.44 bits per heavy atom. The Morgan fingerprint density at radius 2 is 2.17 bits per heavy atom. The van der Waals surface area contributed by atoms with Gasteiger partial charge in [0.15, 0.2) is 5.79 Å². The molecule has 1 unspecified atom stereocenters. The fourth-order valence-corrected chi connectivity index (χ4v) is 2.45. The summed E-state index contributed by atoms with van der Waals surface area (Å²) in [4.78, 5) is 11.3. The minimum absolute atomic E-state index is 0.154. The Kier molecular flexibility index (Phi) is 4.24. The molecule has 0 aromatic heterocycles. The molecule has 1 saturated carbocycles. The van der Waals surface area contributed by atoms with Crippen LogP contribution in [0.5, 0.6) is 0 Å². The zero-order valence-corrected chi connectivity index (χ0v) is 10.8. The Morgan fingerprint density at radius 3 is 2.83 bits per heavy atom. The van der Waals surface area contributed by atoms with Crippen LogP contribution in [-0.4, -0.2) is 31.1 Å². The van der Waals surface area contributed by atoms with Gasteiger partial charge in [-0.05, 0) is 19.8 Å². The molecule has 1 aliphatic heterocycles. The molecule has 0 aromatic carbocycles. The molecular formula is C13H21NO4. The lowest BCUT2D eigenvalue weighted by atomic mass is 9.94. The van der Waals surface area contributed by atoms with Gasteiger partial charge in [0.1, 0.15) is 12.7 Å². The first-order chi connectivity index (χ1) is 8.60. The van der Waals surface area contributed by atoms with E-state index >= 15 is 0 Å². The zero-order valence-electron chi connectivity index (χ0n) is 10.8. The number of hydrogen-bond donors (Lipinski definition) is 1. The van der Waals surface area contributed by atoms with E-state index in [4.69, 9.17) is 19.9 Å². The molecule has 18 heavy (non-hydrogen) atoms. The molecule has 0 aromatic rings. The fraction of sp³-hybridized carbons (Fsp3) is 0.769. The van der Waals surface area contributed by atoms with Crippen LogP contribution in [0.25, 0.3) is 0 Å². The number of esters is 1. The lowest BCUT2D eigenvalue weighted by Gasteiger charge is -2.31. The Bertz CT molecular complexity index is 330. The smallest absolute Gasteiger partial charge is 0.332 e. The molecule has 0 radical (unpaired) electrons. The number of carbonyl (C=O) groups excluding carboxylic acids is 1. The largest absolute Gasteiger partial charge is 0.460 e. The predicted molar refractivity (Wildman–Crippen MR) is 65.5 cm³/mol. The van der Waals surface area contributed by atoms with E-state index in [0.29, 0.717) is 12.3 Å². The SMILES string of the molecule is C/C(N)=C/C(=O)OCC1COC2(CCCCC2)O1. The lowest BCUT2D eigenvalue weighted by Crippen LogP contribution is -2.34. The molecule has 2 fully saturated rings. The Hall–Kier alpha value is -1.07. The number of rotatable bonds is 3. The number of ether oxygens (including phenoxy) is 3. The third-order valence-electron chi connectivity index (χ3n) is 3.29. The highest BCUT2D eigenvalue weighted by Gasteiger charge is 2.42. The van der Waals surface area contributed by atoms with E-state index in [2.05, 4.69) is 0 Å². The van der Waals surface area contributed by atoms with Crippen molar-refractivity contribution in [1.29, 1.82) is 0 Å². The topological polar surface area (TPSA) is 70.8 Å². The molecule has 0 bridgehead atoms. The van der Waals surface area contributed by atoms with Crippen LogP contribution in [-0.2, 0) is 19.0 Å². The van der Waals surface area contributed by atoms with E-state index in [1.165, 1.54) is 12.5 Å². The number of allylic oxidation sites excluding steroid dienone is 1. The number of nitrogens with two attached hydrogens (primary N) is 1. The van der Waals surface area contributed by atoms with Crippen LogP contribution < -0.4 is 5.73 Å². The Balaban J connectivity index is 1.76. The second-order valence-electron chi connectivity index (χ2n) is 5.04. The summed E-state index contributed by atoms with van der Waals surface area (Å²) in [5.74, 6) is -0.835. The maximum Gasteiger partial charge on any atom is 0.332 e. The molecule has 1 spiro atoms. The van der Waals surface area contributed by atoms with Crippen molar-refractivity contribution in [2.45, 2.75) is 50.9 Å². The first-order valence-electron chi connectivity index (χ1n) is 6.52. The molecule has 1 aliphatic carbocycles. The van der Waals surface area contributed by atoms with Gasteiger partial charge in [-0.2, -0.15) is 0 Å². The van der Waals surface area contributed by atoms with Gasteiger partial charge in [0, 0.05) is 24.6 Å². The van der Waals surface area contributed by atoms with Gasteiger partial charge in [-0.1, -0.05) is 6.42 Å². The van der Waals surface area contributed by atoms with Crippen LogP contribution in [0.4, 0.5) is 0 Å². The maximum absolute atomic E-state index is 11.3. The fourth-order valence-electron chi connectivity index (χ4n) is 2.45. The monoisotopic (exact) mass is 255 g/mol. The minimum atomic E-state index is -0.428. The van der Waals surface area contributed by atoms with Crippen LogP contribution in [0.15, 0.2) is 11.8 Å². The maximum atomic E-state index is 11.3. The summed E-state index contributed by atoms with van der Waals surface area (Å²) >= 11 is 0. The first kappa shape index (κ1) is 13.4. The van der Waals surface area contributed by atoms with Crippen LogP contribution in [0, 0.1) is 0 Å². The van der Waals surface area contributed by atoms with Crippen LogP contribution >= 0.6 is 0 Å². The van der Waals surface area contributed by atoms with Gasteiger partial charge in [0.25, 0.3) is 0 Å². The van der Waals surface area contributed by atoms with Gasteiger partial charge < -0.3 is 19.9 Å². The summed E-state index contributed by atoms with van der Waals surface area (Å²) in [6, 6.07) is 0. The highest BCUT2D eigenvalue weighted by atomic mass is 16.8. The van der Waals surface area contributed by atoms with Crippen molar-refractivity contribution in [2.24, 2.45) is 5.73 Å². The average molecular weight is 255 g/mol. The summed E-state index contributed by atoms with van der Waals surface area (Å²) < 4.78 is 16.7. The van der Waals surface area contributed by atoms with E-state index in [1.807, 2.05) is 0 Å². The summed E-state index contributed by atoms with van der Waals surface area (Å²) in [6.45, 7) is 2.37. The molecule has 1 saturated heterocycles. The second kappa shape index (κ2) is 5.71. The van der Waals surface area contributed by atoms with E-state index in [0.717, 1.165) is 25.7 Å². The summed E-state index contributed by atoms with van der Waals surface area (Å²) in [7, 11) is 0. The van der Waals surface area contributed by atoms with Crippen LogP contribution in [0.3, 0.4) is 0 Å². The van der Waals surface area contributed by atoms with Gasteiger partial charge in [0.2, 0.25) is 0 Å². The lowest BCUT2D eigenvalue weighted by molar-refractivity contribution is -0.192. The highest BCUT2D eigenvalue weighted by Crippen LogP contribution is 2.37. The quantitative estimate of drug-likeness (QED) is 0.611. The summed E-state index contributed by atoms with van der Waals surface area (Å²) in [5.41, 5.74) is 5.83. The van der Waals surface area contributed by atoms with Crippen molar-refractivity contribution in [3.05, 3.63) is 11.8 Å². The molecule has 1 heterocycles. The molecule has 2 N–H and O–H groups in total. The molecule has 5 nitrogen and oxygen atoms in total. The van der Waals surface area contributed by atoms with Crippen molar-refractivity contribution in [2.75, 3.05) is 13.2 Å². The molecule has 0 amide bonds. The van der Waals surface area contributed by atoms with Gasteiger partial charge in [-0.25, -0.2) is 4.79 Å². The van der Waals surface area contributed by atoms with Gasteiger partial charge in [0.05, 0.1) is 6.61 Å². The summed E-state index contributed by atoms with van der Waals surface area (Å²) in [6.07, 6.45) is 6.53. The van der Waals surface area contributed by atoms with E-state index in [1.54, 1.807) is 6.92 Å². The molecule has 102 valence electrons. The molecule has 2 rings (SSSR count). The molecule has 1 atom stereocenters. The van der Waals surface area contributed by atoms with E-state index in [-0.39, 0.29) is 12.7 Å². The van der Waals surface area contributed by atoms with E-state index in [9.17, 15) is 4.79 Å². The third kappa shape index (κ3) is 3.46. The summed E-state index contributed by atoms with van der Waals surface area (Å²) in [5, 5.41) is 0. The van der Waals surface area contributed by atoms with Crippen LogP contribution in [0.2, 0.25) is 0 Å². The molecular weight excluding hydrogens is 234 g/mol. The average Bonchev–Trinajstić information content (AvgIpc) is 2.70. The molecule has 5 heteroatoms. The van der Waals surface area contributed by atoms with Crippen molar-refractivity contribution >= 4 is 5.97 Å². The first-order valence-corrected chi connectivity index (χ1v) is 6.52. The zero-order chi connectivity index (χ0) is 13.0. The van der Waals surface area contributed by atoms with Crippen molar-refractivity contribution in [1.82, 2.24) is 0 Å². The van der Waals surface area contributed by atoms with Gasteiger partial charge in [-0.15, -0.1) is 0 Å². The number of carbonyl (C=O) groups is 1. The van der Waals surface area contributed by atoms with Crippen molar-refractivity contribution in [3.63, 3.8) is 0 Å². The van der Waals surface area contributed by atoms with Gasteiger partial charge >= 0.3 is 5.97 Å². The number of hydrogen-bond acceptors (Lipinski definition) is 5. The van der Waals surface area contributed by atoms with Crippen molar-refractivity contribution in [3.8, 4) is 0 Å². The predicted octanol–water partition coefficient (Wildman–Crippen LogP) is 1.47. The van der Waals surface area contributed by atoms with E-state index < -0.39 is 11.8 Å². The highest BCUT2D eigenvalue weighted by molar-refractivity contribution is 5.82. The molecule has 2 aliphatic rings. The standard InChI is InChI=1S/C13H21NO4/c1-10(14)7-12(15)16-8-11-9-17-13(18-11)5-3-2-4-6-13/h7,11H,2-6,8-9,14H2,1H3/b10-7-. The minimum Gasteiger partial charge on any atom is -0.460 e. The third-order valence-corrected chi connectivity index (χ3v) is 3.29. The second-order valence-corrected chi connectivity index (χ2v) is 5.04. The van der Waals surface area contributed by atoms with Crippen molar-refractivity contribution < 1.29 is 19.0 Å². The van der Waals surface area contributed by atoms with Gasteiger partial charge in [-0.3, -0.25) is 0 Å². The Labute approximate surface area is 107 Å². The normalized spacial score (nSPS) is 27.4.